The largest absolute Gasteiger partial charge is 0.508 e. The first-order valence-electron chi connectivity index (χ1n) is 7.17. The van der Waals surface area contributed by atoms with Crippen molar-refractivity contribution in [3.8, 4) is 5.75 Å². The fourth-order valence-electron chi connectivity index (χ4n) is 2.52. The van der Waals surface area contributed by atoms with Crippen molar-refractivity contribution in [1.82, 2.24) is 4.90 Å². The smallest absolute Gasteiger partial charge is 0.115 e. The summed E-state index contributed by atoms with van der Waals surface area (Å²) in [5.41, 5.74) is 1.19. The standard InChI is InChI=1S/C15H24N2O2/c18-13-3-1-2-8-16-9-11-17(12-10-16)14-4-6-15(19)7-5-14/h4-7,18-19H,1-3,8-13H2. The maximum atomic E-state index is 9.29. The third-order valence-corrected chi connectivity index (χ3v) is 3.72. The van der Waals surface area contributed by atoms with Crippen molar-refractivity contribution in [3.05, 3.63) is 24.3 Å². The number of rotatable bonds is 6. The molecule has 0 saturated carbocycles. The van der Waals surface area contributed by atoms with Crippen LogP contribution in [0.3, 0.4) is 0 Å². The molecule has 2 N–H and O–H groups in total. The number of phenols is 1. The molecule has 0 unspecified atom stereocenters. The second-order valence-electron chi connectivity index (χ2n) is 5.13. The van der Waals surface area contributed by atoms with Crippen molar-refractivity contribution < 1.29 is 10.2 Å². The molecule has 106 valence electrons. The summed E-state index contributed by atoms with van der Waals surface area (Å²) in [6, 6.07) is 7.45. The fourth-order valence-corrected chi connectivity index (χ4v) is 2.52. The van der Waals surface area contributed by atoms with E-state index < -0.39 is 0 Å². The van der Waals surface area contributed by atoms with Gasteiger partial charge in [-0.25, -0.2) is 0 Å². The molecule has 1 aliphatic heterocycles. The number of benzene rings is 1. The van der Waals surface area contributed by atoms with Crippen molar-refractivity contribution in [2.24, 2.45) is 0 Å². The zero-order chi connectivity index (χ0) is 13.5. The van der Waals surface area contributed by atoms with E-state index in [0.717, 1.165) is 45.6 Å². The highest BCUT2D eigenvalue weighted by atomic mass is 16.3. The Morgan fingerprint density at radius 3 is 2.21 bits per heavy atom. The molecule has 19 heavy (non-hydrogen) atoms. The van der Waals surface area contributed by atoms with Crippen molar-refractivity contribution >= 4 is 5.69 Å². The van der Waals surface area contributed by atoms with Crippen LogP contribution in [0, 0.1) is 0 Å². The molecule has 1 aliphatic rings. The number of piperazine rings is 1. The van der Waals surface area contributed by atoms with E-state index in [9.17, 15) is 5.11 Å². The lowest BCUT2D eigenvalue weighted by atomic mass is 10.2. The van der Waals surface area contributed by atoms with Crippen LogP contribution in [-0.2, 0) is 0 Å². The van der Waals surface area contributed by atoms with Crippen LogP contribution in [0.1, 0.15) is 19.3 Å². The maximum absolute atomic E-state index is 9.29. The molecule has 0 aliphatic carbocycles. The molecule has 1 heterocycles. The molecule has 1 saturated heterocycles. The van der Waals surface area contributed by atoms with Gasteiger partial charge in [0, 0.05) is 38.5 Å². The van der Waals surface area contributed by atoms with Gasteiger partial charge >= 0.3 is 0 Å². The Bertz CT molecular complexity index is 359. The normalized spacial score (nSPS) is 16.8. The third-order valence-electron chi connectivity index (χ3n) is 3.72. The van der Waals surface area contributed by atoms with Gasteiger partial charge in [0.25, 0.3) is 0 Å². The minimum absolute atomic E-state index is 0.314. The number of hydrogen-bond donors (Lipinski definition) is 2. The topological polar surface area (TPSA) is 46.9 Å². The van der Waals surface area contributed by atoms with E-state index in [-0.39, 0.29) is 0 Å². The second kappa shape index (κ2) is 7.36. The third kappa shape index (κ3) is 4.40. The van der Waals surface area contributed by atoms with Crippen molar-refractivity contribution in [2.45, 2.75) is 19.3 Å². The zero-order valence-corrected chi connectivity index (χ0v) is 11.5. The molecular weight excluding hydrogens is 240 g/mol. The molecule has 0 radical (unpaired) electrons. The van der Waals surface area contributed by atoms with Crippen molar-refractivity contribution in [3.63, 3.8) is 0 Å². The number of aliphatic hydroxyl groups excluding tert-OH is 1. The minimum Gasteiger partial charge on any atom is -0.508 e. The Morgan fingerprint density at radius 1 is 0.895 bits per heavy atom. The lowest BCUT2D eigenvalue weighted by Crippen LogP contribution is -2.46. The first-order valence-corrected chi connectivity index (χ1v) is 7.17. The monoisotopic (exact) mass is 264 g/mol. The molecule has 0 aromatic heterocycles. The van der Waals surface area contributed by atoms with Crippen LogP contribution in [-0.4, -0.2) is 54.4 Å². The first-order chi connectivity index (χ1) is 9.29. The van der Waals surface area contributed by atoms with Crippen LogP contribution in [0.15, 0.2) is 24.3 Å². The number of aliphatic hydroxyl groups is 1. The summed E-state index contributed by atoms with van der Waals surface area (Å²) in [5.74, 6) is 0.325. The average molecular weight is 264 g/mol. The number of unbranched alkanes of at least 4 members (excludes halogenated alkanes) is 2. The van der Waals surface area contributed by atoms with E-state index in [1.54, 1.807) is 12.1 Å². The highest BCUT2D eigenvalue weighted by Crippen LogP contribution is 2.19. The Labute approximate surface area is 115 Å². The maximum Gasteiger partial charge on any atom is 0.115 e. The predicted molar refractivity (Wildman–Crippen MR) is 77.7 cm³/mol. The van der Waals surface area contributed by atoms with Crippen LogP contribution < -0.4 is 4.90 Å². The summed E-state index contributed by atoms with van der Waals surface area (Å²) in [5, 5.41) is 18.0. The van der Waals surface area contributed by atoms with Gasteiger partial charge in [-0.3, -0.25) is 4.90 Å². The van der Waals surface area contributed by atoms with Gasteiger partial charge in [0.1, 0.15) is 5.75 Å². The molecule has 1 fully saturated rings. The number of aromatic hydroxyl groups is 1. The molecule has 1 aromatic rings. The number of phenolic OH excluding ortho intramolecular Hbond substituents is 1. The minimum atomic E-state index is 0.314. The molecule has 2 rings (SSSR count). The summed E-state index contributed by atoms with van der Waals surface area (Å²) in [6.45, 7) is 5.74. The van der Waals surface area contributed by atoms with Crippen LogP contribution >= 0.6 is 0 Å². The zero-order valence-electron chi connectivity index (χ0n) is 11.5. The molecule has 1 aromatic carbocycles. The predicted octanol–water partition coefficient (Wildman–Crippen LogP) is 1.68. The molecule has 0 atom stereocenters. The van der Waals surface area contributed by atoms with Gasteiger partial charge < -0.3 is 15.1 Å². The summed E-state index contributed by atoms with van der Waals surface area (Å²) in [6.07, 6.45) is 3.22. The highest BCUT2D eigenvalue weighted by molar-refractivity contribution is 5.49. The SMILES string of the molecule is OCCCCCN1CCN(c2ccc(O)cc2)CC1. The Balaban J connectivity index is 1.71. The van der Waals surface area contributed by atoms with Crippen molar-refractivity contribution in [2.75, 3.05) is 44.2 Å². The molecule has 0 amide bonds. The first kappa shape index (κ1) is 14.2. The van der Waals surface area contributed by atoms with Crippen LogP contribution in [0.25, 0.3) is 0 Å². The average Bonchev–Trinajstić information content (AvgIpc) is 2.45. The summed E-state index contributed by atoms with van der Waals surface area (Å²) in [7, 11) is 0. The molecule has 4 heteroatoms. The molecule has 4 nitrogen and oxygen atoms in total. The Kier molecular flexibility index (Phi) is 5.48. The van der Waals surface area contributed by atoms with Crippen LogP contribution in [0.5, 0.6) is 5.75 Å². The number of hydrogen-bond acceptors (Lipinski definition) is 4. The fraction of sp³-hybridized carbons (Fsp3) is 0.600. The van der Waals surface area contributed by atoms with Gasteiger partial charge in [-0.05, 0) is 50.1 Å². The van der Waals surface area contributed by atoms with Gasteiger partial charge in [0.15, 0.2) is 0 Å². The summed E-state index contributed by atoms with van der Waals surface area (Å²) < 4.78 is 0. The van der Waals surface area contributed by atoms with E-state index in [4.69, 9.17) is 5.11 Å². The van der Waals surface area contributed by atoms with E-state index in [1.165, 1.54) is 12.1 Å². The van der Waals surface area contributed by atoms with E-state index >= 15 is 0 Å². The van der Waals surface area contributed by atoms with Gasteiger partial charge in [-0.2, -0.15) is 0 Å². The van der Waals surface area contributed by atoms with Gasteiger partial charge in [0.05, 0.1) is 0 Å². The lowest BCUT2D eigenvalue weighted by Gasteiger charge is -2.36. The Hall–Kier alpha value is -1.26. The van der Waals surface area contributed by atoms with Crippen molar-refractivity contribution in [1.29, 1.82) is 0 Å². The van der Waals surface area contributed by atoms with Crippen LogP contribution in [0.2, 0.25) is 0 Å². The molecule has 0 spiro atoms. The highest BCUT2D eigenvalue weighted by Gasteiger charge is 2.16. The molecular formula is C15H24N2O2. The summed E-state index contributed by atoms with van der Waals surface area (Å²) in [4.78, 5) is 4.86. The quantitative estimate of drug-likeness (QED) is 0.767. The number of anilines is 1. The van der Waals surface area contributed by atoms with E-state index in [0.29, 0.717) is 12.4 Å². The molecule has 0 bridgehead atoms. The summed E-state index contributed by atoms with van der Waals surface area (Å²) >= 11 is 0. The van der Waals surface area contributed by atoms with Crippen LogP contribution in [0.4, 0.5) is 5.69 Å². The van der Waals surface area contributed by atoms with E-state index in [2.05, 4.69) is 9.80 Å². The Morgan fingerprint density at radius 2 is 1.58 bits per heavy atom. The van der Waals surface area contributed by atoms with E-state index in [1.807, 2.05) is 12.1 Å². The van der Waals surface area contributed by atoms with Gasteiger partial charge in [-0.15, -0.1) is 0 Å². The lowest BCUT2D eigenvalue weighted by molar-refractivity contribution is 0.242. The second-order valence-corrected chi connectivity index (χ2v) is 5.13. The van der Waals surface area contributed by atoms with Gasteiger partial charge in [-0.1, -0.05) is 0 Å². The number of nitrogens with zero attached hydrogens (tertiary/aromatic N) is 2. The van der Waals surface area contributed by atoms with Gasteiger partial charge in [0.2, 0.25) is 0 Å².